The largest absolute Gasteiger partial charge is 1.00 e. The zero-order chi connectivity index (χ0) is 14.6. The average molecular weight is 348 g/mol. The SMILES string of the molecule is O=S(=O)([O-])C1=CC(O)(O)C(O)(O)C(S(=O)(=O)[O-])=C1.[Na+].[Na+]. The molecule has 0 amide bonds. The first kappa shape index (κ1) is 23.4. The summed E-state index contributed by atoms with van der Waals surface area (Å²) in [7, 11) is -11.0. The van der Waals surface area contributed by atoms with Gasteiger partial charge in [0.1, 0.15) is 20.2 Å². The van der Waals surface area contributed by atoms with E-state index in [9.17, 15) is 25.9 Å². The summed E-state index contributed by atoms with van der Waals surface area (Å²) in [5.74, 6) is -7.83. The summed E-state index contributed by atoms with van der Waals surface area (Å²) in [6.07, 6.45) is -0.362. The summed E-state index contributed by atoms with van der Waals surface area (Å²) in [6, 6.07) is 0. The topological polar surface area (TPSA) is 195 Å². The summed E-state index contributed by atoms with van der Waals surface area (Å²) in [5, 5.41) is 36.5. The maximum Gasteiger partial charge on any atom is 1.00 e. The standard InChI is InChI=1S/C6H8O10S2.2Na/c7-5(8)2-3(17(11,12)13)1-4(6(5,9)10)18(14,15)16;;/h1-2,7-10H,(H,11,12,13)(H,14,15,16);;/q;2*+1/p-2. The van der Waals surface area contributed by atoms with Crippen LogP contribution >= 0.6 is 0 Å². The summed E-state index contributed by atoms with van der Waals surface area (Å²) < 4.78 is 63.8. The van der Waals surface area contributed by atoms with Crippen LogP contribution in [0.15, 0.2) is 22.0 Å². The molecule has 0 aromatic rings. The first-order chi connectivity index (χ1) is 7.69. The van der Waals surface area contributed by atoms with Gasteiger partial charge in [0, 0.05) is 0 Å². The van der Waals surface area contributed by atoms with Gasteiger partial charge in [-0.15, -0.1) is 0 Å². The summed E-state index contributed by atoms with van der Waals surface area (Å²) >= 11 is 0. The molecule has 0 heterocycles. The smallest absolute Gasteiger partial charge is 0.744 e. The third-order valence-electron chi connectivity index (χ3n) is 2.03. The second-order valence-electron chi connectivity index (χ2n) is 3.36. The fourth-order valence-electron chi connectivity index (χ4n) is 1.14. The molecule has 0 saturated carbocycles. The van der Waals surface area contributed by atoms with E-state index >= 15 is 0 Å². The maximum absolute atomic E-state index is 10.7. The van der Waals surface area contributed by atoms with Crippen molar-refractivity contribution in [2.75, 3.05) is 0 Å². The van der Waals surface area contributed by atoms with Gasteiger partial charge in [-0.05, 0) is 12.2 Å². The van der Waals surface area contributed by atoms with E-state index < -0.39 is 41.6 Å². The third-order valence-corrected chi connectivity index (χ3v) is 3.79. The first-order valence-corrected chi connectivity index (χ1v) is 6.77. The molecule has 0 saturated heterocycles. The van der Waals surface area contributed by atoms with Crippen molar-refractivity contribution in [2.24, 2.45) is 0 Å². The Morgan fingerprint density at radius 2 is 1.30 bits per heavy atom. The van der Waals surface area contributed by atoms with E-state index in [1.54, 1.807) is 0 Å². The molecule has 14 heteroatoms. The van der Waals surface area contributed by atoms with Crippen LogP contribution in [-0.2, 0) is 20.2 Å². The predicted octanol–water partition coefficient (Wildman–Crippen LogP) is -9.77. The van der Waals surface area contributed by atoms with E-state index in [2.05, 4.69) is 0 Å². The minimum atomic E-state index is -5.65. The van der Waals surface area contributed by atoms with Crippen molar-refractivity contribution in [1.29, 1.82) is 0 Å². The van der Waals surface area contributed by atoms with Crippen LogP contribution < -0.4 is 59.1 Å². The normalized spacial score (nSPS) is 20.9. The first-order valence-electron chi connectivity index (χ1n) is 3.96. The quantitative estimate of drug-likeness (QED) is 0.211. The van der Waals surface area contributed by atoms with Crippen molar-refractivity contribution in [3.8, 4) is 0 Å². The van der Waals surface area contributed by atoms with Crippen molar-refractivity contribution in [3.05, 3.63) is 22.0 Å². The molecule has 1 aliphatic rings. The van der Waals surface area contributed by atoms with Crippen molar-refractivity contribution in [1.82, 2.24) is 0 Å². The van der Waals surface area contributed by atoms with Crippen molar-refractivity contribution in [3.63, 3.8) is 0 Å². The Morgan fingerprint density at radius 3 is 1.60 bits per heavy atom. The van der Waals surface area contributed by atoms with E-state index in [1.165, 1.54) is 0 Å². The number of hydrogen-bond donors (Lipinski definition) is 4. The number of aliphatic hydroxyl groups is 4. The molecule has 0 spiro atoms. The minimum absolute atomic E-state index is 0. The second kappa shape index (κ2) is 6.72. The molecule has 0 aliphatic heterocycles. The van der Waals surface area contributed by atoms with Crippen LogP contribution in [-0.4, -0.2) is 57.9 Å². The number of rotatable bonds is 2. The Hall–Kier alpha value is 1.14. The van der Waals surface area contributed by atoms with Gasteiger partial charge in [0.25, 0.3) is 5.79 Å². The van der Waals surface area contributed by atoms with Gasteiger partial charge < -0.3 is 29.5 Å². The van der Waals surface area contributed by atoms with Crippen LogP contribution in [0.2, 0.25) is 0 Å². The summed E-state index contributed by atoms with van der Waals surface area (Å²) in [5.41, 5.74) is 0. The molecule has 0 bridgehead atoms. The second-order valence-corrected chi connectivity index (χ2v) is 6.09. The van der Waals surface area contributed by atoms with Crippen LogP contribution in [0.5, 0.6) is 0 Å². The van der Waals surface area contributed by atoms with Crippen molar-refractivity contribution in [2.45, 2.75) is 11.6 Å². The molecular weight excluding hydrogens is 342 g/mol. The van der Waals surface area contributed by atoms with E-state index in [0.29, 0.717) is 0 Å². The van der Waals surface area contributed by atoms with Crippen LogP contribution in [0.25, 0.3) is 0 Å². The Bertz CT molecular complexity index is 641. The van der Waals surface area contributed by atoms with E-state index in [0.717, 1.165) is 0 Å². The number of allylic oxidation sites excluding steroid dienone is 1. The Kier molecular flexibility index (Phi) is 7.86. The van der Waals surface area contributed by atoms with Gasteiger partial charge in [-0.2, -0.15) is 0 Å². The zero-order valence-electron chi connectivity index (χ0n) is 10.2. The monoisotopic (exact) mass is 348 g/mol. The molecule has 20 heavy (non-hydrogen) atoms. The van der Waals surface area contributed by atoms with Gasteiger partial charge in [0.05, 0.1) is 9.81 Å². The Labute approximate surface area is 157 Å². The molecule has 4 N–H and O–H groups in total. The molecule has 0 unspecified atom stereocenters. The minimum Gasteiger partial charge on any atom is -0.744 e. The molecular formula is C6H6Na2O10S2. The average Bonchev–Trinajstić information content (AvgIpc) is 2.05. The Balaban J connectivity index is 0. The summed E-state index contributed by atoms with van der Waals surface area (Å²) in [6.45, 7) is 0. The maximum atomic E-state index is 10.7. The van der Waals surface area contributed by atoms with Gasteiger partial charge in [-0.25, -0.2) is 16.8 Å². The van der Waals surface area contributed by atoms with Crippen molar-refractivity contribution >= 4 is 20.2 Å². The molecule has 0 aromatic heterocycles. The van der Waals surface area contributed by atoms with Gasteiger partial charge in [-0.1, -0.05) is 0 Å². The molecule has 0 aromatic carbocycles. The van der Waals surface area contributed by atoms with Crippen LogP contribution in [0, 0.1) is 0 Å². The fourth-order valence-corrected chi connectivity index (χ4v) is 2.56. The zero-order valence-corrected chi connectivity index (χ0v) is 15.8. The third kappa shape index (κ3) is 4.57. The molecule has 1 aliphatic carbocycles. The van der Waals surface area contributed by atoms with E-state index in [-0.39, 0.29) is 71.3 Å². The number of hydrogen-bond acceptors (Lipinski definition) is 10. The molecule has 1 rings (SSSR count). The molecule has 104 valence electrons. The predicted molar refractivity (Wildman–Crippen MR) is 49.9 cm³/mol. The molecule has 0 atom stereocenters. The summed E-state index contributed by atoms with van der Waals surface area (Å²) in [4.78, 5) is -3.47. The van der Waals surface area contributed by atoms with E-state index in [1.807, 2.05) is 0 Å². The van der Waals surface area contributed by atoms with Gasteiger partial charge in [-0.3, -0.25) is 0 Å². The van der Waals surface area contributed by atoms with Crippen LogP contribution in [0.1, 0.15) is 0 Å². The van der Waals surface area contributed by atoms with Gasteiger partial charge in [0.15, 0.2) is 0 Å². The van der Waals surface area contributed by atoms with Crippen LogP contribution in [0.3, 0.4) is 0 Å². The van der Waals surface area contributed by atoms with Gasteiger partial charge in [0.2, 0.25) is 5.79 Å². The fraction of sp³-hybridized carbons (Fsp3) is 0.333. The van der Waals surface area contributed by atoms with E-state index in [4.69, 9.17) is 20.4 Å². The van der Waals surface area contributed by atoms with Gasteiger partial charge >= 0.3 is 59.1 Å². The molecule has 0 radical (unpaired) electrons. The van der Waals surface area contributed by atoms with Crippen LogP contribution in [0.4, 0.5) is 0 Å². The Morgan fingerprint density at radius 1 is 0.900 bits per heavy atom. The molecule has 10 nitrogen and oxygen atoms in total. The molecule has 0 fully saturated rings. The van der Waals surface area contributed by atoms with Crippen molar-refractivity contribution < 1.29 is 105 Å².